The van der Waals surface area contributed by atoms with Crippen LogP contribution >= 0.6 is 11.8 Å². The highest BCUT2D eigenvalue weighted by Gasteiger charge is 2.51. The zero-order valence-electron chi connectivity index (χ0n) is 17.4. The maximum atomic E-state index is 12.7. The van der Waals surface area contributed by atoms with Crippen LogP contribution in [0.3, 0.4) is 0 Å². The van der Waals surface area contributed by atoms with Gasteiger partial charge in [-0.05, 0) is 35.8 Å². The predicted octanol–water partition coefficient (Wildman–Crippen LogP) is 0.955. The van der Waals surface area contributed by atoms with Crippen LogP contribution in [0.15, 0.2) is 47.4 Å². The molecule has 4 rings (SSSR count). The number of fused-ring (bicyclic) bond motifs is 1. The van der Waals surface area contributed by atoms with Gasteiger partial charge in [-0.3, -0.25) is 19.5 Å². The molecule has 0 spiro atoms. The van der Waals surface area contributed by atoms with E-state index in [-0.39, 0.29) is 17.0 Å². The van der Waals surface area contributed by atoms with Gasteiger partial charge in [0.25, 0.3) is 0 Å². The minimum Gasteiger partial charge on any atom is -0.477 e. The molecular weight excluding hydrogens is 481 g/mol. The molecule has 2 atom stereocenters. The van der Waals surface area contributed by atoms with Gasteiger partial charge >= 0.3 is 18.1 Å². The van der Waals surface area contributed by atoms with Crippen LogP contribution in [0.5, 0.6) is 0 Å². The molecule has 2 saturated heterocycles. The maximum absolute atomic E-state index is 12.7. The van der Waals surface area contributed by atoms with Gasteiger partial charge in [0.05, 0.1) is 0 Å². The Labute approximate surface area is 194 Å². The van der Waals surface area contributed by atoms with Crippen LogP contribution in [0.25, 0.3) is 0 Å². The number of carboxylic acids is 2. The molecule has 14 heteroatoms. The molecule has 3 aliphatic heterocycles. The highest BCUT2D eigenvalue weighted by Crippen LogP contribution is 2.40. The number of carboxylic acid groups (broad SMARTS) is 2. The van der Waals surface area contributed by atoms with Gasteiger partial charge in [0.2, 0.25) is 11.8 Å². The van der Waals surface area contributed by atoms with Gasteiger partial charge in [-0.15, -0.1) is 11.8 Å². The average molecular weight is 500 g/mol. The number of allylic oxidation sites excluding steroid dienone is 1. The third-order valence-electron chi connectivity index (χ3n) is 5.17. The van der Waals surface area contributed by atoms with Crippen molar-refractivity contribution in [3.63, 3.8) is 0 Å². The molecule has 1 aromatic heterocycles. The number of hydrogen-bond donors (Lipinski definition) is 3. The van der Waals surface area contributed by atoms with Crippen molar-refractivity contribution in [3.8, 4) is 0 Å². The number of nitrogens with zero attached hydrogens (tertiary/aromatic N) is 3. The van der Waals surface area contributed by atoms with E-state index in [0.717, 1.165) is 5.56 Å². The number of thioether (sulfide) groups is 1. The van der Waals surface area contributed by atoms with E-state index < -0.39 is 30.1 Å². The number of carbonyl (C=O) groups excluding carboxylic acids is 2. The molecule has 34 heavy (non-hydrogen) atoms. The SMILES string of the molecule is N[C@@H]1C(=O)N2C(C(=O)O)=C(C=C3CCN(Cc4ccncc4)C3=O)CS[C@H]12.O=C(O)C(F)(F)F. The largest absolute Gasteiger partial charge is 0.490 e. The van der Waals surface area contributed by atoms with Crippen LogP contribution in [-0.2, 0) is 25.7 Å². The first-order valence-electron chi connectivity index (χ1n) is 9.77. The number of nitrogens with two attached hydrogens (primary N) is 1. The number of likely N-dealkylation sites (tertiary alicyclic amines) is 1. The quantitative estimate of drug-likeness (QED) is 0.405. The smallest absolute Gasteiger partial charge is 0.477 e. The molecular formula is C20H19F3N4O6S. The van der Waals surface area contributed by atoms with E-state index in [2.05, 4.69) is 4.98 Å². The fraction of sp³-hybridized carbons (Fsp3) is 0.350. The summed E-state index contributed by atoms with van der Waals surface area (Å²) in [6.07, 6.45) is 0.461. The van der Waals surface area contributed by atoms with Gasteiger partial charge in [-0.25, -0.2) is 9.59 Å². The predicted molar refractivity (Wildman–Crippen MR) is 112 cm³/mol. The summed E-state index contributed by atoms with van der Waals surface area (Å²) >= 11 is 1.42. The number of hydrogen-bond acceptors (Lipinski definition) is 7. The monoisotopic (exact) mass is 500 g/mol. The maximum Gasteiger partial charge on any atom is 0.490 e. The van der Waals surface area contributed by atoms with Crippen molar-refractivity contribution >= 4 is 35.5 Å². The number of aliphatic carboxylic acids is 2. The summed E-state index contributed by atoms with van der Waals surface area (Å²) in [6, 6.07) is 3.05. The molecule has 0 bridgehead atoms. The van der Waals surface area contributed by atoms with E-state index in [4.69, 9.17) is 15.6 Å². The molecule has 1 aromatic rings. The van der Waals surface area contributed by atoms with E-state index in [1.165, 1.54) is 16.7 Å². The van der Waals surface area contributed by atoms with Crippen LogP contribution in [-0.4, -0.2) is 78.6 Å². The second-order valence-electron chi connectivity index (χ2n) is 7.42. The number of rotatable bonds is 4. The van der Waals surface area contributed by atoms with Gasteiger partial charge in [-0.2, -0.15) is 13.2 Å². The molecule has 2 amide bonds. The summed E-state index contributed by atoms with van der Waals surface area (Å²) < 4.78 is 31.7. The van der Waals surface area contributed by atoms with Gasteiger partial charge in [0.1, 0.15) is 17.1 Å². The van der Waals surface area contributed by atoms with Crippen LogP contribution < -0.4 is 5.73 Å². The molecule has 0 unspecified atom stereocenters. The van der Waals surface area contributed by atoms with Crippen molar-refractivity contribution < 1.29 is 42.6 Å². The van der Waals surface area contributed by atoms with Crippen LogP contribution in [0, 0.1) is 0 Å². The Balaban J connectivity index is 0.000000406. The Morgan fingerprint density at radius 2 is 1.85 bits per heavy atom. The molecule has 10 nitrogen and oxygen atoms in total. The summed E-state index contributed by atoms with van der Waals surface area (Å²) in [5, 5.41) is 16.4. The lowest BCUT2D eigenvalue weighted by atomic mass is 10.0. The lowest BCUT2D eigenvalue weighted by molar-refractivity contribution is -0.192. The topological polar surface area (TPSA) is 154 Å². The normalized spacial score (nSPS) is 23.4. The molecule has 4 heterocycles. The first-order valence-corrected chi connectivity index (χ1v) is 10.8. The number of β-lactam (4-membered cyclic amide) rings is 1. The number of alkyl halides is 3. The van der Waals surface area contributed by atoms with Crippen molar-refractivity contribution in [1.29, 1.82) is 0 Å². The van der Waals surface area contributed by atoms with Crippen molar-refractivity contribution in [3.05, 3.63) is 53.0 Å². The van der Waals surface area contributed by atoms with Crippen LogP contribution in [0.1, 0.15) is 12.0 Å². The minimum atomic E-state index is -5.08. The fourth-order valence-electron chi connectivity index (χ4n) is 3.52. The average Bonchev–Trinajstić information content (AvgIpc) is 3.12. The molecule has 0 saturated carbocycles. The Morgan fingerprint density at radius 1 is 1.24 bits per heavy atom. The number of carbonyl (C=O) groups is 4. The Hall–Kier alpha value is -3.39. The first-order chi connectivity index (χ1) is 15.9. The van der Waals surface area contributed by atoms with Gasteiger partial charge in [0.15, 0.2) is 0 Å². The third-order valence-corrected chi connectivity index (χ3v) is 6.49. The Kier molecular flexibility index (Phi) is 7.31. The number of amides is 2. The van der Waals surface area contributed by atoms with Crippen LogP contribution in [0.2, 0.25) is 0 Å². The van der Waals surface area contributed by atoms with Gasteiger partial charge < -0.3 is 20.8 Å². The standard InChI is InChI=1S/C18H18N4O4S.C2HF3O2/c19-13-16(24)22-14(18(25)26)12(9-27-17(13)22)7-11-3-6-21(15(11)23)8-10-1-4-20-5-2-10;3-2(4,5)1(6)7/h1-2,4-5,7,13,17H,3,6,8-9,19H2,(H,25,26);(H,6,7)/t13-,17-;/m1./s1. The Bertz CT molecular complexity index is 1080. The van der Waals surface area contributed by atoms with E-state index in [1.54, 1.807) is 23.4 Å². The fourth-order valence-corrected chi connectivity index (χ4v) is 4.77. The van der Waals surface area contributed by atoms with E-state index in [0.29, 0.717) is 36.4 Å². The molecule has 2 fully saturated rings. The minimum absolute atomic E-state index is 0.0571. The van der Waals surface area contributed by atoms with Crippen molar-refractivity contribution in [2.75, 3.05) is 12.3 Å². The lowest BCUT2D eigenvalue weighted by Gasteiger charge is -2.47. The highest BCUT2D eigenvalue weighted by molar-refractivity contribution is 8.00. The molecule has 0 aliphatic carbocycles. The van der Waals surface area contributed by atoms with E-state index in [1.807, 2.05) is 12.1 Å². The molecule has 3 aliphatic rings. The molecule has 0 aromatic carbocycles. The third kappa shape index (κ3) is 5.22. The highest BCUT2D eigenvalue weighted by atomic mass is 32.2. The second-order valence-corrected chi connectivity index (χ2v) is 8.52. The summed E-state index contributed by atoms with van der Waals surface area (Å²) in [6.45, 7) is 1.06. The first kappa shape index (κ1) is 25.2. The Morgan fingerprint density at radius 3 is 2.41 bits per heavy atom. The zero-order valence-corrected chi connectivity index (χ0v) is 18.2. The zero-order chi connectivity index (χ0) is 25.2. The summed E-state index contributed by atoms with van der Waals surface area (Å²) in [7, 11) is 0. The van der Waals surface area contributed by atoms with Crippen molar-refractivity contribution in [2.24, 2.45) is 5.73 Å². The second kappa shape index (κ2) is 9.85. The number of halogens is 3. The molecule has 182 valence electrons. The number of aromatic nitrogens is 1. The van der Waals surface area contributed by atoms with Crippen molar-refractivity contribution in [2.45, 2.75) is 30.6 Å². The van der Waals surface area contributed by atoms with E-state index in [9.17, 15) is 32.7 Å². The van der Waals surface area contributed by atoms with E-state index >= 15 is 0 Å². The summed E-state index contributed by atoms with van der Waals surface area (Å²) in [4.78, 5) is 52.3. The molecule has 0 radical (unpaired) electrons. The summed E-state index contributed by atoms with van der Waals surface area (Å²) in [5.41, 5.74) is 7.73. The summed E-state index contributed by atoms with van der Waals surface area (Å²) in [5.74, 6) is -4.02. The van der Waals surface area contributed by atoms with Gasteiger partial charge in [0, 0.05) is 36.8 Å². The molecule has 4 N–H and O–H groups in total. The van der Waals surface area contributed by atoms with Crippen molar-refractivity contribution in [1.82, 2.24) is 14.8 Å². The lowest BCUT2D eigenvalue weighted by Crippen LogP contribution is -2.68. The van der Waals surface area contributed by atoms with Gasteiger partial charge in [-0.1, -0.05) is 0 Å². The van der Waals surface area contributed by atoms with Crippen LogP contribution in [0.4, 0.5) is 13.2 Å². The number of pyridine rings is 1.